The van der Waals surface area contributed by atoms with Gasteiger partial charge in [-0.3, -0.25) is 0 Å². The second-order valence-corrected chi connectivity index (χ2v) is 6.34. The summed E-state index contributed by atoms with van der Waals surface area (Å²) < 4.78 is 38.0. The molecule has 0 N–H and O–H groups in total. The quantitative estimate of drug-likeness (QED) is 0.566. The third-order valence-corrected chi connectivity index (χ3v) is 4.63. The number of hydrogen-bond acceptors (Lipinski definition) is 3. The van der Waals surface area contributed by atoms with Crippen molar-refractivity contribution in [2.24, 2.45) is 0 Å². The van der Waals surface area contributed by atoms with Gasteiger partial charge in [0.25, 0.3) is 0 Å². The van der Waals surface area contributed by atoms with Crippen LogP contribution >= 0.6 is 22.7 Å². The van der Waals surface area contributed by atoms with E-state index in [0.717, 1.165) is 27.7 Å². The zero-order chi connectivity index (χ0) is 15.6. The number of nitrogens with zero attached hydrogens (tertiary/aromatic N) is 1. The SMILES string of the molecule is FC(F)(F)c1cccc(C=Cc2nc(-c3cccs3)cs2)c1. The summed E-state index contributed by atoms with van der Waals surface area (Å²) in [5.74, 6) is 0. The van der Waals surface area contributed by atoms with Gasteiger partial charge in [0.15, 0.2) is 0 Å². The van der Waals surface area contributed by atoms with E-state index in [4.69, 9.17) is 0 Å². The maximum atomic E-state index is 12.7. The van der Waals surface area contributed by atoms with Gasteiger partial charge in [-0.25, -0.2) is 4.98 Å². The summed E-state index contributed by atoms with van der Waals surface area (Å²) in [5.41, 5.74) is 0.749. The topological polar surface area (TPSA) is 12.9 Å². The Balaban J connectivity index is 1.80. The lowest BCUT2D eigenvalue weighted by atomic mass is 10.1. The number of thiazole rings is 1. The van der Waals surface area contributed by atoms with Crippen LogP contribution in [-0.2, 0) is 6.18 Å². The molecule has 0 aliphatic heterocycles. The van der Waals surface area contributed by atoms with Crippen LogP contribution in [0, 0.1) is 0 Å². The Bertz CT molecular complexity index is 786. The smallest absolute Gasteiger partial charge is 0.236 e. The molecule has 3 aromatic rings. The molecule has 0 bridgehead atoms. The number of alkyl halides is 3. The Morgan fingerprint density at radius 3 is 2.59 bits per heavy atom. The normalized spacial score (nSPS) is 12.1. The summed E-state index contributed by atoms with van der Waals surface area (Å²) in [6, 6.07) is 9.18. The number of halogens is 3. The first-order valence-corrected chi connectivity index (χ1v) is 8.13. The van der Waals surface area contributed by atoms with E-state index in [9.17, 15) is 13.2 Å². The van der Waals surface area contributed by atoms with Crippen molar-refractivity contribution in [1.29, 1.82) is 0 Å². The molecule has 0 unspecified atom stereocenters. The lowest BCUT2D eigenvalue weighted by Gasteiger charge is -2.06. The van der Waals surface area contributed by atoms with Gasteiger partial charge in [-0.15, -0.1) is 22.7 Å². The average molecular weight is 337 g/mol. The van der Waals surface area contributed by atoms with Crippen LogP contribution in [0.15, 0.2) is 47.2 Å². The molecule has 0 atom stereocenters. The lowest BCUT2D eigenvalue weighted by Crippen LogP contribution is -2.04. The van der Waals surface area contributed by atoms with Crippen LogP contribution in [0.1, 0.15) is 16.1 Å². The fourth-order valence-corrected chi connectivity index (χ4v) is 3.36. The van der Waals surface area contributed by atoms with Gasteiger partial charge in [-0.1, -0.05) is 24.3 Å². The Morgan fingerprint density at radius 2 is 1.86 bits per heavy atom. The molecule has 2 aromatic heterocycles. The third-order valence-electron chi connectivity index (χ3n) is 2.93. The van der Waals surface area contributed by atoms with E-state index in [1.165, 1.54) is 17.4 Å². The minimum absolute atomic E-state index is 0.502. The predicted molar refractivity (Wildman–Crippen MR) is 85.8 cm³/mol. The molecule has 1 nitrogen and oxygen atoms in total. The molecule has 0 spiro atoms. The van der Waals surface area contributed by atoms with Gasteiger partial charge < -0.3 is 0 Å². The molecule has 0 amide bonds. The molecular formula is C16H10F3NS2. The van der Waals surface area contributed by atoms with Crippen molar-refractivity contribution < 1.29 is 13.2 Å². The molecule has 1 aromatic carbocycles. The van der Waals surface area contributed by atoms with Crippen molar-refractivity contribution in [3.05, 3.63) is 63.3 Å². The summed E-state index contributed by atoms with van der Waals surface area (Å²) in [4.78, 5) is 5.54. The second-order valence-electron chi connectivity index (χ2n) is 4.50. The van der Waals surface area contributed by atoms with E-state index in [0.29, 0.717) is 5.56 Å². The highest BCUT2D eigenvalue weighted by atomic mass is 32.1. The minimum atomic E-state index is -4.32. The van der Waals surface area contributed by atoms with Gasteiger partial charge in [0.2, 0.25) is 0 Å². The van der Waals surface area contributed by atoms with Crippen molar-refractivity contribution in [2.75, 3.05) is 0 Å². The van der Waals surface area contributed by atoms with Crippen LogP contribution in [0.5, 0.6) is 0 Å². The fraction of sp³-hybridized carbons (Fsp3) is 0.0625. The molecule has 112 valence electrons. The predicted octanol–water partition coefficient (Wildman–Crippen LogP) is 6.06. The van der Waals surface area contributed by atoms with Crippen LogP contribution in [0.25, 0.3) is 22.7 Å². The van der Waals surface area contributed by atoms with Gasteiger partial charge in [0.1, 0.15) is 5.01 Å². The van der Waals surface area contributed by atoms with Crippen LogP contribution in [0.2, 0.25) is 0 Å². The highest BCUT2D eigenvalue weighted by Gasteiger charge is 2.30. The van der Waals surface area contributed by atoms with Crippen LogP contribution in [0.3, 0.4) is 0 Å². The number of thiophene rings is 1. The van der Waals surface area contributed by atoms with E-state index in [2.05, 4.69) is 4.98 Å². The Morgan fingerprint density at radius 1 is 1.00 bits per heavy atom. The van der Waals surface area contributed by atoms with Gasteiger partial charge >= 0.3 is 6.18 Å². The van der Waals surface area contributed by atoms with E-state index in [1.54, 1.807) is 29.6 Å². The van der Waals surface area contributed by atoms with Crippen LogP contribution < -0.4 is 0 Å². The number of hydrogen-bond donors (Lipinski definition) is 0. The molecule has 0 aliphatic carbocycles. The van der Waals surface area contributed by atoms with Gasteiger partial charge in [0, 0.05) is 5.38 Å². The fourth-order valence-electron chi connectivity index (χ4n) is 1.89. The molecular weight excluding hydrogens is 327 g/mol. The summed E-state index contributed by atoms with van der Waals surface area (Å²) in [5, 5.41) is 4.69. The highest BCUT2D eigenvalue weighted by Crippen LogP contribution is 2.30. The number of rotatable bonds is 3. The zero-order valence-electron chi connectivity index (χ0n) is 11.2. The van der Waals surface area contributed by atoms with Crippen molar-refractivity contribution in [3.8, 4) is 10.6 Å². The Hall–Kier alpha value is -1.92. The molecule has 3 rings (SSSR count). The van der Waals surface area contributed by atoms with Crippen molar-refractivity contribution in [1.82, 2.24) is 4.98 Å². The van der Waals surface area contributed by atoms with Gasteiger partial charge in [-0.2, -0.15) is 13.2 Å². The maximum absolute atomic E-state index is 12.7. The molecule has 2 heterocycles. The monoisotopic (exact) mass is 337 g/mol. The number of benzene rings is 1. The van der Waals surface area contributed by atoms with Gasteiger partial charge in [0.05, 0.1) is 16.1 Å². The van der Waals surface area contributed by atoms with Gasteiger partial charge in [-0.05, 0) is 35.2 Å². The largest absolute Gasteiger partial charge is 0.416 e. The van der Waals surface area contributed by atoms with Crippen molar-refractivity contribution in [3.63, 3.8) is 0 Å². The van der Waals surface area contributed by atoms with E-state index >= 15 is 0 Å². The molecule has 0 fully saturated rings. The Kier molecular flexibility index (Phi) is 4.13. The molecule has 22 heavy (non-hydrogen) atoms. The summed E-state index contributed by atoms with van der Waals surface area (Å²) in [7, 11) is 0. The lowest BCUT2D eigenvalue weighted by molar-refractivity contribution is -0.137. The number of aromatic nitrogens is 1. The van der Waals surface area contributed by atoms with Crippen molar-refractivity contribution >= 4 is 34.8 Å². The molecule has 0 saturated carbocycles. The molecule has 0 radical (unpaired) electrons. The molecule has 6 heteroatoms. The molecule has 0 saturated heterocycles. The standard InChI is InChI=1S/C16H10F3NS2/c17-16(18,19)12-4-1-3-11(9-12)6-7-15-20-13(10-22-15)14-5-2-8-21-14/h1-10H. The van der Waals surface area contributed by atoms with Crippen LogP contribution in [0.4, 0.5) is 13.2 Å². The summed E-state index contributed by atoms with van der Waals surface area (Å²) in [6.45, 7) is 0. The maximum Gasteiger partial charge on any atom is 0.416 e. The summed E-state index contributed by atoms with van der Waals surface area (Å²) >= 11 is 3.07. The third kappa shape index (κ3) is 3.45. The highest BCUT2D eigenvalue weighted by molar-refractivity contribution is 7.14. The van der Waals surface area contributed by atoms with Crippen molar-refractivity contribution in [2.45, 2.75) is 6.18 Å². The van der Waals surface area contributed by atoms with E-state index in [1.807, 2.05) is 22.9 Å². The second kappa shape index (κ2) is 6.06. The summed E-state index contributed by atoms with van der Waals surface area (Å²) in [6.07, 6.45) is -0.944. The van der Waals surface area contributed by atoms with E-state index < -0.39 is 11.7 Å². The Labute approximate surface area is 133 Å². The van der Waals surface area contributed by atoms with E-state index in [-0.39, 0.29) is 0 Å². The zero-order valence-corrected chi connectivity index (χ0v) is 12.8. The first-order valence-electron chi connectivity index (χ1n) is 6.37. The van der Waals surface area contributed by atoms with Crippen LogP contribution in [-0.4, -0.2) is 4.98 Å². The minimum Gasteiger partial charge on any atom is -0.236 e. The first-order chi connectivity index (χ1) is 10.5. The average Bonchev–Trinajstić information content (AvgIpc) is 3.15. The molecule has 0 aliphatic rings. The first kappa shape index (κ1) is 15.0.